The third-order valence-corrected chi connectivity index (χ3v) is 2.97. The minimum Gasteiger partial charge on any atom is -0.381 e. The highest BCUT2D eigenvalue weighted by atomic mass is 16.5. The maximum atomic E-state index is 10.8. The van der Waals surface area contributed by atoms with Crippen LogP contribution in [-0.2, 0) is 4.74 Å². The van der Waals surface area contributed by atoms with E-state index < -0.39 is 0 Å². The Balaban J connectivity index is 2.23. The van der Waals surface area contributed by atoms with E-state index in [4.69, 9.17) is 4.74 Å². The van der Waals surface area contributed by atoms with Gasteiger partial charge in [-0.1, -0.05) is 0 Å². The van der Waals surface area contributed by atoms with E-state index in [1.807, 2.05) is 19.2 Å². The predicted octanol–water partition coefficient (Wildman–Crippen LogP) is 2.10. The quantitative estimate of drug-likeness (QED) is 0.694. The van der Waals surface area contributed by atoms with E-state index in [9.17, 15) is 4.79 Å². The Bertz CT molecular complexity index is 357. The normalized spacial score (nSPS) is 17.7. The second-order valence-corrected chi connectivity index (χ2v) is 3.95. The van der Waals surface area contributed by atoms with Crippen molar-refractivity contribution in [2.45, 2.75) is 25.7 Å². The zero-order chi connectivity index (χ0) is 10.7. The zero-order valence-electron chi connectivity index (χ0n) is 8.90. The van der Waals surface area contributed by atoms with Crippen LogP contribution in [0.4, 0.5) is 0 Å². The Morgan fingerprint density at radius 2 is 2.20 bits per heavy atom. The summed E-state index contributed by atoms with van der Waals surface area (Å²) < 4.78 is 5.31. The van der Waals surface area contributed by atoms with Gasteiger partial charge >= 0.3 is 0 Å². The topological polar surface area (TPSA) is 39.2 Å². The Labute approximate surface area is 89.5 Å². The summed E-state index contributed by atoms with van der Waals surface area (Å²) in [7, 11) is 0. The number of carbonyl (C=O) groups excluding carboxylic acids is 1. The van der Waals surface area contributed by atoms with Crippen LogP contribution in [-0.4, -0.2) is 24.5 Å². The molecule has 3 heteroatoms. The Hall–Kier alpha value is -1.22. The van der Waals surface area contributed by atoms with E-state index in [1.165, 1.54) is 5.56 Å². The maximum Gasteiger partial charge on any atom is 0.151 e. The number of rotatable bonds is 2. The molecule has 1 aliphatic rings. The van der Waals surface area contributed by atoms with Gasteiger partial charge in [-0.05, 0) is 37.3 Å². The van der Waals surface area contributed by atoms with Gasteiger partial charge in [0.1, 0.15) is 0 Å². The van der Waals surface area contributed by atoms with Crippen molar-refractivity contribution in [1.82, 2.24) is 4.98 Å². The molecule has 2 heterocycles. The molecule has 80 valence electrons. The van der Waals surface area contributed by atoms with Gasteiger partial charge in [0.2, 0.25) is 0 Å². The molecular formula is C12H15NO2. The number of hydrogen-bond acceptors (Lipinski definition) is 3. The molecule has 0 bridgehead atoms. The molecule has 0 amide bonds. The van der Waals surface area contributed by atoms with Gasteiger partial charge in [0, 0.05) is 30.7 Å². The molecule has 1 saturated heterocycles. The van der Waals surface area contributed by atoms with Gasteiger partial charge in [-0.15, -0.1) is 0 Å². The smallest absolute Gasteiger partial charge is 0.151 e. The number of hydrogen-bond donors (Lipinski definition) is 0. The molecule has 0 aliphatic carbocycles. The molecule has 1 aromatic rings. The van der Waals surface area contributed by atoms with Crippen molar-refractivity contribution in [3.05, 3.63) is 29.1 Å². The standard InChI is InChI=1S/C12H15NO2/c1-9-12(8-14)6-11(7-13-9)10-2-4-15-5-3-10/h6-8,10H,2-5H2,1H3. The summed E-state index contributed by atoms with van der Waals surface area (Å²) in [6, 6.07) is 1.96. The number of carbonyl (C=O) groups is 1. The lowest BCUT2D eigenvalue weighted by molar-refractivity contribution is 0.0852. The SMILES string of the molecule is Cc1ncc(C2CCOCC2)cc1C=O. The number of nitrogens with zero attached hydrogens (tertiary/aromatic N) is 1. The van der Waals surface area contributed by atoms with Crippen LogP contribution in [0.25, 0.3) is 0 Å². The summed E-state index contributed by atoms with van der Waals surface area (Å²) >= 11 is 0. The lowest BCUT2D eigenvalue weighted by Gasteiger charge is -2.22. The van der Waals surface area contributed by atoms with Crippen LogP contribution >= 0.6 is 0 Å². The molecular weight excluding hydrogens is 190 g/mol. The largest absolute Gasteiger partial charge is 0.381 e. The molecule has 0 spiro atoms. The molecule has 15 heavy (non-hydrogen) atoms. The number of aldehydes is 1. The second-order valence-electron chi connectivity index (χ2n) is 3.95. The van der Waals surface area contributed by atoms with Gasteiger partial charge in [-0.3, -0.25) is 9.78 Å². The fourth-order valence-electron chi connectivity index (χ4n) is 1.94. The Morgan fingerprint density at radius 3 is 2.87 bits per heavy atom. The maximum absolute atomic E-state index is 10.8. The third-order valence-electron chi connectivity index (χ3n) is 2.97. The Kier molecular flexibility index (Phi) is 3.11. The summed E-state index contributed by atoms with van der Waals surface area (Å²) in [6.07, 6.45) is 4.83. The van der Waals surface area contributed by atoms with Crippen molar-refractivity contribution in [2.75, 3.05) is 13.2 Å². The van der Waals surface area contributed by atoms with Crippen LogP contribution in [0.15, 0.2) is 12.3 Å². The van der Waals surface area contributed by atoms with E-state index in [1.54, 1.807) is 0 Å². The molecule has 0 unspecified atom stereocenters. The highest BCUT2D eigenvalue weighted by molar-refractivity contribution is 5.76. The second kappa shape index (κ2) is 4.53. The molecule has 3 nitrogen and oxygen atoms in total. The molecule has 1 fully saturated rings. The molecule has 0 N–H and O–H groups in total. The van der Waals surface area contributed by atoms with Crippen LogP contribution in [0.2, 0.25) is 0 Å². The Morgan fingerprint density at radius 1 is 1.47 bits per heavy atom. The van der Waals surface area contributed by atoms with Crippen molar-refractivity contribution >= 4 is 6.29 Å². The van der Waals surface area contributed by atoms with Gasteiger partial charge in [0.25, 0.3) is 0 Å². The number of pyridine rings is 1. The van der Waals surface area contributed by atoms with Crippen molar-refractivity contribution in [3.63, 3.8) is 0 Å². The third kappa shape index (κ3) is 2.23. The number of aryl methyl sites for hydroxylation is 1. The van der Waals surface area contributed by atoms with E-state index >= 15 is 0 Å². The monoisotopic (exact) mass is 205 g/mol. The fraction of sp³-hybridized carbons (Fsp3) is 0.500. The minimum absolute atomic E-state index is 0.505. The van der Waals surface area contributed by atoms with Crippen LogP contribution in [0, 0.1) is 6.92 Å². The molecule has 0 saturated carbocycles. The summed E-state index contributed by atoms with van der Waals surface area (Å²) in [5, 5.41) is 0. The molecule has 0 radical (unpaired) electrons. The molecule has 2 rings (SSSR count). The van der Waals surface area contributed by atoms with Crippen molar-refractivity contribution in [3.8, 4) is 0 Å². The van der Waals surface area contributed by atoms with E-state index in [0.29, 0.717) is 11.5 Å². The number of ether oxygens (including phenoxy) is 1. The summed E-state index contributed by atoms with van der Waals surface area (Å²) in [6.45, 7) is 3.49. The van der Waals surface area contributed by atoms with Crippen LogP contribution in [0.3, 0.4) is 0 Å². The minimum atomic E-state index is 0.505. The van der Waals surface area contributed by atoms with E-state index in [0.717, 1.165) is 38.0 Å². The summed E-state index contributed by atoms with van der Waals surface area (Å²) in [5.41, 5.74) is 2.69. The van der Waals surface area contributed by atoms with Gasteiger partial charge in [-0.25, -0.2) is 0 Å². The first kappa shape index (κ1) is 10.3. The lowest BCUT2D eigenvalue weighted by Crippen LogP contribution is -2.14. The molecule has 0 atom stereocenters. The molecule has 1 aliphatic heterocycles. The van der Waals surface area contributed by atoms with Gasteiger partial charge in [0.05, 0.1) is 0 Å². The highest BCUT2D eigenvalue weighted by Gasteiger charge is 2.16. The van der Waals surface area contributed by atoms with Gasteiger partial charge in [-0.2, -0.15) is 0 Å². The average molecular weight is 205 g/mol. The first-order valence-corrected chi connectivity index (χ1v) is 5.30. The van der Waals surface area contributed by atoms with Gasteiger partial charge in [0.15, 0.2) is 6.29 Å². The van der Waals surface area contributed by atoms with Gasteiger partial charge < -0.3 is 4.74 Å². The highest BCUT2D eigenvalue weighted by Crippen LogP contribution is 2.26. The van der Waals surface area contributed by atoms with Crippen molar-refractivity contribution in [1.29, 1.82) is 0 Å². The number of aromatic nitrogens is 1. The lowest BCUT2D eigenvalue weighted by atomic mass is 9.92. The van der Waals surface area contributed by atoms with Crippen LogP contribution in [0.5, 0.6) is 0 Å². The predicted molar refractivity (Wildman–Crippen MR) is 57.2 cm³/mol. The average Bonchev–Trinajstić information content (AvgIpc) is 2.31. The first-order valence-electron chi connectivity index (χ1n) is 5.30. The summed E-state index contributed by atoms with van der Waals surface area (Å²) in [5.74, 6) is 0.505. The van der Waals surface area contributed by atoms with E-state index in [2.05, 4.69) is 4.98 Å². The van der Waals surface area contributed by atoms with Crippen molar-refractivity contribution < 1.29 is 9.53 Å². The zero-order valence-corrected chi connectivity index (χ0v) is 8.90. The summed E-state index contributed by atoms with van der Waals surface area (Å²) in [4.78, 5) is 15.1. The van der Waals surface area contributed by atoms with Crippen LogP contribution < -0.4 is 0 Å². The van der Waals surface area contributed by atoms with E-state index in [-0.39, 0.29) is 0 Å². The van der Waals surface area contributed by atoms with Crippen LogP contribution in [0.1, 0.15) is 40.4 Å². The first-order chi connectivity index (χ1) is 7.31. The fourth-order valence-corrected chi connectivity index (χ4v) is 1.94. The molecule has 0 aromatic carbocycles. The van der Waals surface area contributed by atoms with Crippen molar-refractivity contribution in [2.24, 2.45) is 0 Å². The molecule has 1 aromatic heterocycles.